The van der Waals surface area contributed by atoms with Crippen molar-refractivity contribution < 1.29 is 18.0 Å². The number of hydrogen-bond donors (Lipinski definition) is 2. The van der Waals surface area contributed by atoms with E-state index in [1.165, 1.54) is 18.7 Å². The van der Waals surface area contributed by atoms with Crippen molar-refractivity contribution in [2.24, 2.45) is 0 Å². The second kappa shape index (κ2) is 8.45. The van der Waals surface area contributed by atoms with Crippen LogP contribution in [0.15, 0.2) is 54.0 Å². The van der Waals surface area contributed by atoms with Crippen molar-refractivity contribution in [3.63, 3.8) is 0 Å². The van der Waals surface area contributed by atoms with Gasteiger partial charge in [0.15, 0.2) is 0 Å². The number of carbonyl (C=O) groups is 1. The van der Waals surface area contributed by atoms with Crippen molar-refractivity contribution in [2.45, 2.75) is 25.4 Å². The molecule has 1 aliphatic heterocycles. The summed E-state index contributed by atoms with van der Waals surface area (Å²) in [7, 11) is 0. The lowest BCUT2D eigenvalue weighted by Gasteiger charge is -2.18. The standard InChI is InChI=1S/C22H20F3N5O2/c1-13-2-3-14(20(31)29-17-7-16(8-26-9-17)22(23,24)25)6-18(13)15-4-5-30(11-15)19-10-27-12-28-21(19)32/h2-3,6-10,12,15H,4-5,11H2,1H3,(H,29,31)(H,27,28,32). The zero-order valence-corrected chi connectivity index (χ0v) is 17.1. The summed E-state index contributed by atoms with van der Waals surface area (Å²) in [5.74, 6) is -0.427. The van der Waals surface area contributed by atoms with Gasteiger partial charge < -0.3 is 15.2 Å². The van der Waals surface area contributed by atoms with E-state index in [0.717, 1.165) is 23.6 Å². The topological polar surface area (TPSA) is 91.0 Å². The maximum Gasteiger partial charge on any atom is 0.417 e. The third kappa shape index (κ3) is 4.48. The predicted octanol–water partition coefficient (Wildman–Crippen LogP) is 3.74. The number of pyridine rings is 1. The lowest BCUT2D eigenvalue weighted by Crippen LogP contribution is -2.26. The van der Waals surface area contributed by atoms with E-state index >= 15 is 0 Å². The first-order chi connectivity index (χ1) is 15.2. The molecule has 1 aromatic carbocycles. The fraction of sp³-hybridized carbons (Fsp3) is 0.273. The molecule has 32 heavy (non-hydrogen) atoms. The van der Waals surface area contributed by atoms with Crippen molar-refractivity contribution in [3.8, 4) is 0 Å². The van der Waals surface area contributed by atoms with Gasteiger partial charge in [-0.2, -0.15) is 13.2 Å². The van der Waals surface area contributed by atoms with E-state index < -0.39 is 17.6 Å². The van der Waals surface area contributed by atoms with Gasteiger partial charge in [0.1, 0.15) is 5.69 Å². The highest BCUT2D eigenvalue weighted by Crippen LogP contribution is 2.32. The number of H-pyrrole nitrogens is 1. The largest absolute Gasteiger partial charge is 0.417 e. The predicted molar refractivity (Wildman–Crippen MR) is 113 cm³/mol. The molecule has 0 saturated carbocycles. The van der Waals surface area contributed by atoms with Gasteiger partial charge >= 0.3 is 6.18 Å². The van der Waals surface area contributed by atoms with Crippen LogP contribution < -0.4 is 15.8 Å². The number of anilines is 2. The molecule has 1 unspecified atom stereocenters. The normalized spacial score (nSPS) is 16.2. The molecule has 0 radical (unpaired) electrons. The van der Waals surface area contributed by atoms with Crippen molar-refractivity contribution in [1.29, 1.82) is 0 Å². The van der Waals surface area contributed by atoms with E-state index in [-0.39, 0.29) is 17.2 Å². The van der Waals surface area contributed by atoms with Crippen LogP contribution in [0.2, 0.25) is 0 Å². The van der Waals surface area contributed by atoms with Crippen LogP contribution >= 0.6 is 0 Å². The molecule has 0 bridgehead atoms. The first-order valence-corrected chi connectivity index (χ1v) is 9.94. The number of rotatable bonds is 4. The highest BCUT2D eigenvalue weighted by atomic mass is 19.4. The third-order valence-corrected chi connectivity index (χ3v) is 5.53. The first-order valence-electron chi connectivity index (χ1n) is 9.94. The minimum absolute atomic E-state index is 0.0326. The summed E-state index contributed by atoms with van der Waals surface area (Å²) in [5.41, 5.74) is 1.61. The number of nitrogens with zero attached hydrogens (tertiary/aromatic N) is 3. The van der Waals surface area contributed by atoms with Crippen LogP contribution in [0.1, 0.15) is 39.4 Å². The zero-order chi connectivity index (χ0) is 22.9. The summed E-state index contributed by atoms with van der Waals surface area (Å²) in [6.45, 7) is 3.21. The average molecular weight is 443 g/mol. The highest BCUT2D eigenvalue weighted by Gasteiger charge is 2.31. The van der Waals surface area contributed by atoms with Crippen LogP contribution in [0.25, 0.3) is 0 Å². The monoisotopic (exact) mass is 443 g/mol. The molecular weight excluding hydrogens is 423 g/mol. The molecule has 166 valence electrons. The molecule has 1 aliphatic rings. The van der Waals surface area contributed by atoms with Crippen LogP contribution in [-0.2, 0) is 6.18 Å². The van der Waals surface area contributed by atoms with Crippen LogP contribution in [-0.4, -0.2) is 33.9 Å². The van der Waals surface area contributed by atoms with E-state index in [1.807, 2.05) is 17.9 Å². The minimum atomic E-state index is -4.55. The molecule has 1 amide bonds. The smallest absolute Gasteiger partial charge is 0.365 e. The molecule has 10 heteroatoms. The van der Waals surface area contributed by atoms with E-state index in [2.05, 4.69) is 20.3 Å². The Hall–Kier alpha value is -3.69. The molecule has 1 atom stereocenters. The van der Waals surface area contributed by atoms with Crippen LogP contribution in [0.5, 0.6) is 0 Å². The van der Waals surface area contributed by atoms with E-state index in [1.54, 1.807) is 12.1 Å². The van der Waals surface area contributed by atoms with E-state index in [0.29, 0.717) is 30.5 Å². The first kappa shape index (κ1) is 21.5. The fourth-order valence-electron chi connectivity index (χ4n) is 3.88. The number of hydrogen-bond acceptors (Lipinski definition) is 5. The third-order valence-electron chi connectivity index (χ3n) is 5.53. The molecule has 0 aliphatic carbocycles. The summed E-state index contributed by atoms with van der Waals surface area (Å²) in [6.07, 6.45) is 0.987. The van der Waals surface area contributed by atoms with Gasteiger partial charge in [-0.15, -0.1) is 0 Å². The summed E-state index contributed by atoms with van der Waals surface area (Å²) >= 11 is 0. The Balaban J connectivity index is 1.53. The van der Waals surface area contributed by atoms with Crippen LogP contribution in [0, 0.1) is 6.92 Å². The quantitative estimate of drug-likeness (QED) is 0.641. The molecular formula is C22H20F3N5O2. The molecule has 4 rings (SSSR count). The number of halogens is 3. The molecule has 3 heterocycles. The van der Waals surface area contributed by atoms with Gasteiger partial charge in [0.2, 0.25) is 0 Å². The Morgan fingerprint density at radius 3 is 2.75 bits per heavy atom. The molecule has 3 aromatic rings. The zero-order valence-electron chi connectivity index (χ0n) is 17.1. The van der Waals surface area contributed by atoms with Crippen molar-refractivity contribution >= 4 is 17.3 Å². The van der Waals surface area contributed by atoms with Crippen LogP contribution in [0.4, 0.5) is 24.5 Å². The number of aryl methyl sites for hydroxylation is 1. The number of nitrogens with one attached hydrogen (secondary N) is 2. The number of benzene rings is 1. The van der Waals surface area contributed by atoms with Gasteiger partial charge in [-0.3, -0.25) is 14.6 Å². The lowest BCUT2D eigenvalue weighted by molar-refractivity contribution is -0.137. The molecule has 1 saturated heterocycles. The number of aromatic nitrogens is 3. The van der Waals surface area contributed by atoms with Gasteiger partial charge in [-0.05, 0) is 42.7 Å². The fourth-order valence-corrected chi connectivity index (χ4v) is 3.88. The number of amides is 1. The molecule has 2 N–H and O–H groups in total. The highest BCUT2D eigenvalue weighted by molar-refractivity contribution is 6.04. The second-order valence-electron chi connectivity index (χ2n) is 7.68. The summed E-state index contributed by atoms with van der Waals surface area (Å²) in [4.78, 5) is 36.8. The van der Waals surface area contributed by atoms with Gasteiger partial charge in [0, 0.05) is 30.8 Å². The number of aromatic amines is 1. The second-order valence-corrected chi connectivity index (χ2v) is 7.68. The average Bonchev–Trinajstić information content (AvgIpc) is 3.23. The summed E-state index contributed by atoms with van der Waals surface area (Å²) in [5, 5.41) is 2.48. The number of alkyl halides is 3. The summed E-state index contributed by atoms with van der Waals surface area (Å²) < 4.78 is 38.7. The maximum absolute atomic E-state index is 12.9. The van der Waals surface area contributed by atoms with Crippen LogP contribution in [0.3, 0.4) is 0 Å². The van der Waals surface area contributed by atoms with E-state index in [9.17, 15) is 22.8 Å². The Kier molecular flexibility index (Phi) is 5.68. The van der Waals surface area contributed by atoms with Gasteiger partial charge in [-0.1, -0.05) is 6.07 Å². The maximum atomic E-state index is 12.9. The van der Waals surface area contributed by atoms with Crippen molar-refractivity contribution in [3.05, 3.63) is 81.8 Å². The Morgan fingerprint density at radius 1 is 1.19 bits per heavy atom. The molecule has 7 nitrogen and oxygen atoms in total. The molecule has 1 fully saturated rings. The minimum Gasteiger partial charge on any atom is -0.365 e. The lowest BCUT2D eigenvalue weighted by atomic mass is 9.92. The Morgan fingerprint density at radius 2 is 2.00 bits per heavy atom. The van der Waals surface area contributed by atoms with Gasteiger partial charge in [0.05, 0.1) is 30.0 Å². The van der Waals surface area contributed by atoms with Crippen molar-refractivity contribution in [2.75, 3.05) is 23.3 Å². The SMILES string of the molecule is Cc1ccc(C(=O)Nc2cncc(C(F)(F)F)c2)cc1C1CCN(c2cnc[nH]c2=O)C1. The van der Waals surface area contributed by atoms with Crippen molar-refractivity contribution in [1.82, 2.24) is 15.0 Å². The Labute approximate surface area is 181 Å². The van der Waals surface area contributed by atoms with Gasteiger partial charge in [-0.25, -0.2) is 4.98 Å². The van der Waals surface area contributed by atoms with Gasteiger partial charge in [0.25, 0.3) is 11.5 Å². The molecule has 2 aromatic heterocycles. The number of carbonyl (C=O) groups excluding carboxylic acids is 1. The Bertz CT molecular complexity index is 1210. The summed E-state index contributed by atoms with van der Waals surface area (Å²) in [6, 6.07) is 6.05. The molecule has 0 spiro atoms. The van der Waals surface area contributed by atoms with E-state index in [4.69, 9.17) is 0 Å².